The molecule has 2 heterocycles. The highest BCUT2D eigenvalue weighted by molar-refractivity contribution is 6.00. The average Bonchev–Trinajstić information content (AvgIpc) is 2.59. The fourth-order valence-corrected chi connectivity index (χ4v) is 4.00. The van der Waals surface area contributed by atoms with Crippen LogP contribution >= 0.6 is 0 Å². The highest BCUT2D eigenvalue weighted by Gasteiger charge is 2.34. The third-order valence-electron chi connectivity index (χ3n) is 5.11. The Morgan fingerprint density at radius 1 is 1.20 bits per heavy atom. The maximum atomic E-state index is 12.7. The molecule has 0 aromatic heterocycles. The lowest BCUT2D eigenvalue weighted by atomic mass is 9.92. The van der Waals surface area contributed by atoms with Gasteiger partial charge in [-0.3, -0.25) is 9.59 Å². The molecule has 0 radical (unpaired) electrons. The Hall–Kier alpha value is -2.04. The molecular weight excluding hydrogens is 316 g/mol. The maximum absolute atomic E-state index is 12.7. The van der Waals surface area contributed by atoms with Gasteiger partial charge in [0.15, 0.2) is 6.10 Å². The van der Waals surface area contributed by atoms with Crippen molar-refractivity contribution in [1.29, 1.82) is 0 Å². The van der Waals surface area contributed by atoms with Gasteiger partial charge >= 0.3 is 0 Å². The first-order chi connectivity index (χ1) is 12.0. The summed E-state index contributed by atoms with van der Waals surface area (Å²) in [7, 11) is 0. The number of benzene rings is 1. The summed E-state index contributed by atoms with van der Waals surface area (Å²) >= 11 is 0. The molecule has 0 bridgehead atoms. The molecule has 136 valence electrons. The number of ether oxygens (including phenoxy) is 1. The van der Waals surface area contributed by atoms with Crippen molar-refractivity contribution in [3.8, 4) is 5.75 Å². The molecule has 2 aliphatic heterocycles. The number of hydrogen-bond acceptors (Lipinski definition) is 3. The summed E-state index contributed by atoms with van der Waals surface area (Å²) in [5.74, 6) is 1.91. The lowest BCUT2D eigenvalue weighted by Gasteiger charge is -2.37. The molecule has 0 saturated carbocycles. The maximum Gasteiger partial charge on any atom is 0.268 e. The van der Waals surface area contributed by atoms with E-state index in [0.717, 1.165) is 24.5 Å². The van der Waals surface area contributed by atoms with Gasteiger partial charge in [-0.05, 0) is 36.8 Å². The number of para-hydroxylation sites is 2. The highest BCUT2D eigenvalue weighted by Crippen LogP contribution is 2.34. The van der Waals surface area contributed by atoms with Gasteiger partial charge in [0.05, 0.1) is 5.69 Å². The Balaban J connectivity index is 1.69. The molecule has 3 atom stereocenters. The lowest BCUT2D eigenvalue weighted by molar-refractivity contribution is -0.133. The third kappa shape index (κ3) is 3.80. The van der Waals surface area contributed by atoms with E-state index in [1.54, 1.807) is 4.90 Å². The summed E-state index contributed by atoms with van der Waals surface area (Å²) in [4.78, 5) is 29.0. The number of amides is 2. The van der Waals surface area contributed by atoms with Crippen molar-refractivity contribution in [2.75, 3.05) is 24.5 Å². The van der Waals surface area contributed by atoms with Gasteiger partial charge in [-0.25, -0.2) is 0 Å². The lowest BCUT2D eigenvalue weighted by Crippen LogP contribution is -2.48. The number of anilines is 1. The molecule has 5 heteroatoms. The van der Waals surface area contributed by atoms with Gasteiger partial charge in [0.1, 0.15) is 5.75 Å². The predicted octanol–water partition coefficient (Wildman–Crippen LogP) is 3.09. The number of fused-ring (bicyclic) bond motifs is 1. The number of carbonyl (C=O) groups excluding carboxylic acids is 2. The summed E-state index contributed by atoms with van der Waals surface area (Å²) in [6.45, 7) is 8.40. The first-order valence-electron chi connectivity index (χ1n) is 9.34. The van der Waals surface area contributed by atoms with E-state index in [9.17, 15) is 9.59 Å². The van der Waals surface area contributed by atoms with Crippen LogP contribution in [0.2, 0.25) is 0 Å². The van der Waals surface area contributed by atoms with Crippen LogP contribution in [0.25, 0.3) is 0 Å². The molecule has 3 unspecified atom stereocenters. The van der Waals surface area contributed by atoms with Crippen molar-refractivity contribution in [1.82, 2.24) is 4.90 Å². The van der Waals surface area contributed by atoms with Gasteiger partial charge in [-0.2, -0.15) is 0 Å². The van der Waals surface area contributed by atoms with E-state index in [4.69, 9.17) is 4.74 Å². The second-order valence-electron chi connectivity index (χ2n) is 7.47. The van der Waals surface area contributed by atoms with E-state index in [1.165, 1.54) is 6.42 Å². The molecule has 0 N–H and O–H groups in total. The largest absolute Gasteiger partial charge is 0.478 e. The molecule has 25 heavy (non-hydrogen) atoms. The minimum atomic E-state index is -0.458. The van der Waals surface area contributed by atoms with Crippen molar-refractivity contribution in [3.63, 3.8) is 0 Å². The minimum absolute atomic E-state index is 0.0469. The van der Waals surface area contributed by atoms with Gasteiger partial charge in [0.2, 0.25) is 5.91 Å². The molecule has 1 aromatic rings. The topological polar surface area (TPSA) is 49.9 Å². The van der Waals surface area contributed by atoms with E-state index < -0.39 is 6.10 Å². The van der Waals surface area contributed by atoms with Gasteiger partial charge in [-0.1, -0.05) is 32.9 Å². The quantitative estimate of drug-likeness (QED) is 0.843. The second kappa shape index (κ2) is 7.46. The zero-order chi connectivity index (χ0) is 18.0. The number of piperidine rings is 1. The molecule has 1 aromatic carbocycles. The first-order valence-corrected chi connectivity index (χ1v) is 9.34. The predicted molar refractivity (Wildman–Crippen MR) is 97.6 cm³/mol. The molecular formula is C20H28N2O3. The van der Waals surface area contributed by atoms with Crippen LogP contribution in [0.15, 0.2) is 24.3 Å². The number of likely N-dealkylation sites (tertiary alicyclic amines) is 1. The Kier molecular flexibility index (Phi) is 5.30. The minimum Gasteiger partial charge on any atom is -0.478 e. The molecule has 0 spiro atoms. The van der Waals surface area contributed by atoms with Crippen LogP contribution < -0.4 is 9.64 Å². The molecule has 5 nitrogen and oxygen atoms in total. The van der Waals surface area contributed by atoms with Crippen LogP contribution in [-0.4, -0.2) is 42.5 Å². The van der Waals surface area contributed by atoms with E-state index in [0.29, 0.717) is 31.2 Å². The van der Waals surface area contributed by atoms with Crippen LogP contribution in [0.1, 0.15) is 40.0 Å². The summed E-state index contributed by atoms with van der Waals surface area (Å²) in [6, 6.07) is 7.56. The van der Waals surface area contributed by atoms with Gasteiger partial charge in [0, 0.05) is 26.1 Å². The van der Waals surface area contributed by atoms with Crippen molar-refractivity contribution >= 4 is 17.5 Å². The third-order valence-corrected chi connectivity index (χ3v) is 5.11. The van der Waals surface area contributed by atoms with Crippen LogP contribution in [0, 0.1) is 11.8 Å². The highest BCUT2D eigenvalue weighted by atomic mass is 16.5. The number of carbonyl (C=O) groups is 2. The molecule has 0 aliphatic carbocycles. The molecule has 1 saturated heterocycles. The van der Waals surface area contributed by atoms with Crippen molar-refractivity contribution in [2.45, 2.75) is 46.1 Å². The SMILES string of the molecule is CCC1Oc2ccccc2N(CCC(=O)N2CC(C)CC(C)C2)C1=O. The fourth-order valence-electron chi connectivity index (χ4n) is 4.00. The van der Waals surface area contributed by atoms with E-state index in [1.807, 2.05) is 36.1 Å². The first kappa shape index (κ1) is 17.8. The van der Waals surface area contributed by atoms with Gasteiger partial charge in [0.25, 0.3) is 5.91 Å². The standard InChI is InChI=1S/C20H28N2O3/c1-4-17-20(24)22(16-7-5-6-8-18(16)25-17)10-9-19(23)21-12-14(2)11-15(3)13-21/h5-8,14-15,17H,4,9-13H2,1-3H3. The summed E-state index contributed by atoms with van der Waals surface area (Å²) in [5, 5.41) is 0. The fraction of sp³-hybridized carbons (Fsp3) is 0.600. The van der Waals surface area contributed by atoms with Crippen molar-refractivity contribution < 1.29 is 14.3 Å². The normalized spacial score (nSPS) is 26.2. The van der Waals surface area contributed by atoms with Crippen LogP contribution in [0.3, 0.4) is 0 Å². The van der Waals surface area contributed by atoms with E-state index in [2.05, 4.69) is 13.8 Å². The molecule has 2 aliphatic rings. The summed E-state index contributed by atoms with van der Waals surface area (Å²) < 4.78 is 5.79. The van der Waals surface area contributed by atoms with Crippen molar-refractivity contribution in [2.24, 2.45) is 11.8 Å². The van der Waals surface area contributed by atoms with E-state index in [-0.39, 0.29) is 11.8 Å². The van der Waals surface area contributed by atoms with Gasteiger partial charge < -0.3 is 14.5 Å². The molecule has 3 rings (SSSR count). The Labute approximate surface area is 149 Å². The van der Waals surface area contributed by atoms with Gasteiger partial charge in [-0.15, -0.1) is 0 Å². The average molecular weight is 344 g/mol. The van der Waals surface area contributed by atoms with Crippen LogP contribution in [0.5, 0.6) is 5.75 Å². The molecule has 2 amide bonds. The zero-order valence-corrected chi connectivity index (χ0v) is 15.4. The Morgan fingerprint density at radius 3 is 2.56 bits per heavy atom. The van der Waals surface area contributed by atoms with Crippen molar-refractivity contribution in [3.05, 3.63) is 24.3 Å². The summed E-state index contributed by atoms with van der Waals surface area (Å²) in [5.41, 5.74) is 0.769. The molecule has 1 fully saturated rings. The zero-order valence-electron chi connectivity index (χ0n) is 15.4. The van der Waals surface area contributed by atoms with E-state index >= 15 is 0 Å². The smallest absolute Gasteiger partial charge is 0.268 e. The number of nitrogens with zero attached hydrogens (tertiary/aromatic N) is 2. The monoisotopic (exact) mass is 344 g/mol. The Morgan fingerprint density at radius 2 is 1.88 bits per heavy atom. The van der Waals surface area contributed by atoms with Crippen LogP contribution in [0.4, 0.5) is 5.69 Å². The van der Waals surface area contributed by atoms with Crippen LogP contribution in [-0.2, 0) is 9.59 Å². The Bertz CT molecular complexity index is 636. The number of rotatable bonds is 4. The summed E-state index contributed by atoms with van der Waals surface area (Å²) in [6.07, 6.45) is 1.70. The second-order valence-corrected chi connectivity index (χ2v) is 7.47. The number of hydrogen-bond donors (Lipinski definition) is 0.